The van der Waals surface area contributed by atoms with Crippen LogP contribution in [0.5, 0.6) is 0 Å². The number of hydrogen-bond donors (Lipinski definition) is 1. The zero-order valence-electron chi connectivity index (χ0n) is 12.7. The topological polar surface area (TPSA) is 54.2 Å². The van der Waals surface area contributed by atoms with Crippen molar-refractivity contribution in [3.05, 3.63) is 47.8 Å². The number of hydrogen-bond acceptors (Lipinski definition) is 4. The van der Waals surface area contributed by atoms with Gasteiger partial charge in [-0.25, -0.2) is 14.1 Å². The second-order valence-electron chi connectivity index (χ2n) is 5.92. The van der Waals surface area contributed by atoms with Gasteiger partial charge in [0.25, 0.3) is 0 Å². The lowest BCUT2D eigenvalue weighted by atomic mass is 10.0. The summed E-state index contributed by atoms with van der Waals surface area (Å²) in [6.07, 6.45) is 4.74. The van der Waals surface area contributed by atoms with Gasteiger partial charge in [0.1, 0.15) is 18.5 Å². The van der Waals surface area contributed by atoms with Crippen LogP contribution in [0.2, 0.25) is 0 Å². The minimum absolute atomic E-state index is 0.262. The van der Waals surface area contributed by atoms with E-state index >= 15 is 0 Å². The molecule has 2 heterocycles. The first-order valence-electron chi connectivity index (χ1n) is 7.64. The van der Waals surface area contributed by atoms with Crippen LogP contribution in [0.4, 0.5) is 4.39 Å². The lowest BCUT2D eigenvalue weighted by Gasteiger charge is -2.33. The molecular weight excluding hydrogens is 283 g/mol. The van der Waals surface area contributed by atoms with E-state index in [2.05, 4.69) is 15.0 Å². The van der Waals surface area contributed by atoms with Crippen molar-refractivity contribution in [2.45, 2.75) is 31.9 Å². The molecule has 1 aliphatic rings. The Morgan fingerprint density at radius 3 is 2.77 bits per heavy atom. The zero-order chi connectivity index (χ0) is 15.5. The summed E-state index contributed by atoms with van der Waals surface area (Å²) >= 11 is 0. The average Bonchev–Trinajstić information content (AvgIpc) is 3.02. The number of rotatable bonds is 4. The molecule has 1 saturated heterocycles. The van der Waals surface area contributed by atoms with Crippen molar-refractivity contribution in [1.29, 1.82) is 0 Å². The molecule has 1 atom stereocenters. The molecule has 0 amide bonds. The summed E-state index contributed by atoms with van der Waals surface area (Å²) < 4.78 is 15.1. The van der Waals surface area contributed by atoms with Gasteiger partial charge in [0.15, 0.2) is 0 Å². The second-order valence-corrected chi connectivity index (χ2v) is 5.92. The van der Waals surface area contributed by atoms with Crippen molar-refractivity contribution in [2.24, 2.45) is 0 Å². The van der Waals surface area contributed by atoms with Crippen molar-refractivity contribution in [3.63, 3.8) is 0 Å². The highest BCUT2D eigenvalue weighted by Crippen LogP contribution is 2.24. The number of aromatic nitrogens is 3. The van der Waals surface area contributed by atoms with Crippen LogP contribution < -0.4 is 0 Å². The fourth-order valence-electron chi connectivity index (χ4n) is 3.13. The minimum Gasteiger partial charge on any atom is -0.387 e. The summed E-state index contributed by atoms with van der Waals surface area (Å²) in [5.74, 6) is -0.262. The molecule has 6 heteroatoms. The van der Waals surface area contributed by atoms with Crippen LogP contribution in [0.3, 0.4) is 0 Å². The smallest absolute Gasteiger partial charge is 0.137 e. The number of β-amino-alcohol motifs (C(OH)–C–C–N with tert-alkyl or cyclic N) is 1. The van der Waals surface area contributed by atoms with Crippen LogP contribution in [-0.2, 0) is 0 Å². The third-order valence-corrected chi connectivity index (χ3v) is 4.39. The lowest BCUT2D eigenvalue weighted by molar-refractivity contribution is 0.0885. The Labute approximate surface area is 129 Å². The van der Waals surface area contributed by atoms with E-state index in [0.717, 1.165) is 37.1 Å². The molecule has 22 heavy (non-hydrogen) atoms. The van der Waals surface area contributed by atoms with Gasteiger partial charge in [0.05, 0.1) is 12.1 Å². The molecule has 5 nitrogen and oxygen atoms in total. The number of aryl methyl sites for hydroxylation is 1. The van der Waals surface area contributed by atoms with Crippen molar-refractivity contribution in [3.8, 4) is 0 Å². The summed E-state index contributed by atoms with van der Waals surface area (Å²) in [4.78, 5) is 6.24. The highest BCUT2D eigenvalue weighted by atomic mass is 19.1. The maximum Gasteiger partial charge on any atom is 0.137 e. The number of aliphatic hydroxyl groups is 1. The fourth-order valence-corrected chi connectivity index (χ4v) is 3.13. The SMILES string of the molecule is Cc1cc(F)ccc1C(O)CN1CCC(n2cncn2)CC1. The van der Waals surface area contributed by atoms with Crippen LogP contribution >= 0.6 is 0 Å². The number of benzene rings is 1. The third kappa shape index (κ3) is 3.34. The molecule has 118 valence electrons. The van der Waals surface area contributed by atoms with E-state index in [0.29, 0.717) is 12.6 Å². The molecule has 3 rings (SSSR count). The number of halogens is 1. The number of aliphatic hydroxyl groups excluding tert-OH is 1. The van der Waals surface area contributed by atoms with Gasteiger partial charge in [0.2, 0.25) is 0 Å². The Morgan fingerprint density at radius 1 is 1.36 bits per heavy atom. The van der Waals surface area contributed by atoms with E-state index in [1.54, 1.807) is 18.7 Å². The molecule has 0 radical (unpaired) electrons. The van der Waals surface area contributed by atoms with Gasteiger partial charge in [-0.15, -0.1) is 0 Å². The Bertz CT molecular complexity index is 609. The molecule has 2 aromatic rings. The zero-order valence-corrected chi connectivity index (χ0v) is 12.7. The van der Waals surface area contributed by atoms with Gasteiger partial charge < -0.3 is 10.0 Å². The summed E-state index contributed by atoms with van der Waals surface area (Å²) in [7, 11) is 0. The van der Waals surface area contributed by atoms with Gasteiger partial charge in [-0.05, 0) is 43.0 Å². The number of likely N-dealkylation sites (tertiary alicyclic amines) is 1. The maximum atomic E-state index is 13.1. The first-order valence-corrected chi connectivity index (χ1v) is 7.64. The Balaban J connectivity index is 1.56. The molecule has 1 aliphatic heterocycles. The van der Waals surface area contributed by atoms with E-state index in [1.165, 1.54) is 12.1 Å². The predicted molar refractivity (Wildman–Crippen MR) is 80.8 cm³/mol. The standard InChI is InChI=1S/C16H21FN4O/c1-12-8-13(17)2-3-15(12)16(22)9-20-6-4-14(5-7-20)21-11-18-10-19-21/h2-3,8,10-11,14,16,22H,4-7,9H2,1H3. The van der Waals surface area contributed by atoms with E-state index < -0.39 is 6.10 Å². The molecule has 1 aromatic heterocycles. The monoisotopic (exact) mass is 304 g/mol. The summed E-state index contributed by atoms with van der Waals surface area (Å²) in [6.45, 7) is 4.25. The van der Waals surface area contributed by atoms with Crippen molar-refractivity contribution in [2.75, 3.05) is 19.6 Å². The third-order valence-electron chi connectivity index (χ3n) is 4.39. The molecule has 0 bridgehead atoms. The van der Waals surface area contributed by atoms with Gasteiger partial charge in [-0.2, -0.15) is 5.10 Å². The quantitative estimate of drug-likeness (QED) is 0.940. The summed E-state index contributed by atoms with van der Waals surface area (Å²) in [6, 6.07) is 4.94. The lowest BCUT2D eigenvalue weighted by Crippen LogP contribution is -2.37. The van der Waals surface area contributed by atoms with E-state index in [4.69, 9.17) is 0 Å². The minimum atomic E-state index is -0.580. The molecule has 1 unspecified atom stereocenters. The van der Waals surface area contributed by atoms with Crippen LogP contribution in [0.25, 0.3) is 0 Å². The highest BCUT2D eigenvalue weighted by Gasteiger charge is 2.23. The van der Waals surface area contributed by atoms with Crippen LogP contribution in [-0.4, -0.2) is 44.4 Å². The first-order chi connectivity index (χ1) is 10.6. The molecule has 0 saturated carbocycles. The Hall–Kier alpha value is -1.79. The normalized spacial score (nSPS) is 18.5. The fraction of sp³-hybridized carbons (Fsp3) is 0.500. The summed E-state index contributed by atoms with van der Waals surface area (Å²) in [5.41, 5.74) is 1.60. The largest absolute Gasteiger partial charge is 0.387 e. The molecule has 1 fully saturated rings. The van der Waals surface area contributed by atoms with Gasteiger partial charge in [-0.3, -0.25) is 0 Å². The van der Waals surface area contributed by atoms with Crippen LogP contribution in [0.1, 0.15) is 36.1 Å². The molecule has 1 N–H and O–H groups in total. The average molecular weight is 304 g/mol. The first kappa shape index (κ1) is 15.1. The molecule has 0 spiro atoms. The number of piperidine rings is 1. The van der Waals surface area contributed by atoms with Crippen molar-refractivity contribution < 1.29 is 9.50 Å². The van der Waals surface area contributed by atoms with Gasteiger partial charge in [-0.1, -0.05) is 6.07 Å². The van der Waals surface area contributed by atoms with Gasteiger partial charge >= 0.3 is 0 Å². The van der Waals surface area contributed by atoms with E-state index in [9.17, 15) is 9.50 Å². The second kappa shape index (κ2) is 6.54. The molecular formula is C16H21FN4O. The maximum absolute atomic E-state index is 13.1. The Morgan fingerprint density at radius 2 is 2.14 bits per heavy atom. The van der Waals surface area contributed by atoms with Crippen LogP contribution in [0, 0.1) is 12.7 Å². The summed E-state index contributed by atoms with van der Waals surface area (Å²) in [5, 5.41) is 14.6. The van der Waals surface area contributed by atoms with Crippen molar-refractivity contribution >= 4 is 0 Å². The van der Waals surface area contributed by atoms with E-state index in [1.807, 2.05) is 11.6 Å². The highest BCUT2D eigenvalue weighted by molar-refractivity contribution is 5.28. The predicted octanol–water partition coefficient (Wildman–Crippen LogP) is 2.10. The Kier molecular flexibility index (Phi) is 4.49. The molecule has 0 aliphatic carbocycles. The number of nitrogens with zero attached hydrogens (tertiary/aromatic N) is 4. The van der Waals surface area contributed by atoms with E-state index in [-0.39, 0.29) is 5.82 Å². The van der Waals surface area contributed by atoms with Gasteiger partial charge in [0, 0.05) is 19.6 Å². The molecule has 1 aromatic carbocycles. The van der Waals surface area contributed by atoms with Crippen LogP contribution in [0.15, 0.2) is 30.9 Å². The van der Waals surface area contributed by atoms with Crippen molar-refractivity contribution in [1.82, 2.24) is 19.7 Å².